The molecule has 2 N–H and O–H groups in total. The van der Waals surface area contributed by atoms with Crippen LogP contribution in [0.25, 0.3) is 0 Å². The molecule has 0 spiro atoms. The van der Waals surface area contributed by atoms with Gasteiger partial charge in [0.15, 0.2) is 0 Å². The van der Waals surface area contributed by atoms with Gasteiger partial charge in [-0.15, -0.1) is 0 Å². The number of aromatic nitrogens is 1. The van der Waals surface area contributed by atoms with Gasteiger partial charge in [-0.3, -0.25) is 0 Å². The van der Waals surface area contributed by atoms with Crippen molar-refractivity contribution in [3.8, 4) is 0 Å². The summed E-state index contributed by atoms with van der Waals surface area (Å²) in [6, 6.07) is 2.01. The van der Waals surface area contributed by atoms with E-state index in [4.69, 9.17) is 5.11 Å². The largest absolute Gasteiger partial charge is 0.396 e. The van der Waals surface area contributed by atoms with Gasteiger partial charge in [0, 0.05) is 22.6 Å². The first-order valence-electron chi connectivity index (χ1n) is 5.12. The van der Waals surface area contributed by atoms with Gasteiger partial charge in [0.05, 0.1) is 6.61 Å². The highest BCUT2D eigenvalue weighted by Gasteiger charge is 2.41. The zero-order valence-electron chi connectivity index (χ0n) is 8.76. The van der Waals surface area contributed by atoms with Crippen LogP contribution in [-0.4, -0.2) is 23.2 Å². The molecule has 0 bridgehead atoms. The summed E-state index contributed by atoms with van der Waals surface area (Å²) in [6.45, 7) is 3.13. The summed E-state index contributed by atoms with van der Waals surface area (Å²) in [6.07, 6.45) is 4.04. The Kier molecular flexibility index (Phi) is 2.98. The van der Waals surface area contributed by atoms with E-state index in [2.05, 4.69) is 26.2 Å². The maximum absolute atomic E-state index is 9.17. The number of aliphatic hydroxyl groups is 1. The lowest BCUT2D eigenvalue weighted by atomic mass is 10.1. The van der Waals surface area contributed by atoms with Crippen molar-refractivity contribution in [1.82, 2.24) is 4.98 Å². The van der Waals surface area contributed by atoms with E-state index in [0.717, 1.165) is 29.7 Å². The van der Waals surface area contributed by atoms with Crippen LogP contribution in [0.1, 0.15) is 18.4 Å². The van der Waals surface area contributed by atoms with Crippen molar-refractivity contribution in [2.45, 2.75) is 19.8 Å². The molecule has 1 saturated carbocycles. The number of hydrogen-bond donors (Lipinski definition) is 2. The summed E-state index contributed by atoms with van der Waals surface area (Å²) in [4.78, 5) is 4.26. The maximum Gasteiger partial charge on any atom is 0.126 e. The Hall–Kier alpha value is -0.610. The highest BCUT2D eigenvalue weighted by molar-refractivity contribution is 9.10. The first-order valence-corrected chi connectivity index (χ1v) is 5.91. The van der Waals surface area contributed by atoms with Gasteiger partial charge in [0.2, 0.25) is 0 Å². The van der Waals surface area contributed by atoms with E-state index in [1.54, 1.807) is 6.20 Å². The number of anilines is 1. The quantitative estimate of drug-likeness (QED) is 0.883. The van der Waals surface area contributed by atoms with E-state index >= 15 is 0 Å². The number of aryl methyl sites for hydroxylation is 1. The van der Waals surface area contributed by atoms with Crippen LogP contribution in [0.4, 0.5) is 5.82 Å². The van der Waals surface area contributed by atoms with Crippen LogP contribution in [0.2, 0.25) is 0 Å². The van der Waals surface area contributed by atoms with Crippen molar-refractivity contribution in [3.63, 3.8) is 0 Å². The lowest BCUT2D eigenvalue weighted by Gasteiger charge is -2.13. The van der Waals surface area contributed by atoms with Crippen molar-refractivity contribution in [2.24, 2.45) is 5.41 Å². The minimum absolute atomic E-state index is 0.128. The molecule has 2 rings (SSSR count). The standard InChI is InChI=1S/C11H15BrN2O/c1-8-4-10(13-5-9(8)12)14-6-11(7-15)2-3-11/h4-5,15H,2-3,6-7H2,1H3,(H,13,14). The van der Waals surface area contributed by atoms with Crippen molar-refractivity contribution < 1.29 is 5.11 Å². The highest BCUT2D eigenvalue weighted by Crippen LogP contribution is 2.44. The normalized spacial score (nSPS) is 17.5. The third-order valence-electron chi connectivity index (χ3n) is 2.98. The second-order valence-corrected chi connectivity index (χ2v) is 5.18. The van der Waals surface area contributed by atoms with Crippen LogP contribution in [0, 0.1) is 12.3 Å². The second-order valence-electron chi connectivity index (χ2n) is 4.33. The molecule has 4 heteroatoms. The molecular weight excluding hydrogens is 256 g/mol. The minimum Gasteiger partial charge on any atom is -0.396 e. The topological polar surface area (TPSA) is 45.1 Å². The average Bonchev–Trinajstić information content (AvgIpc) is 3.01. The van der Waals surface area contributed by atoms with Crippen LogP contribution in [0.15, 0.2) is 16.7 Å². The lowest BCUT2D eigenvalue weighted by Crippen LogP contribution is -2.19. The summed E-state index contributed by atoms with van der Waals surface area (Å²) in [5.74, 6) is 0.885. The number of aliphatic hydroxyl groups excluding tert-OH is 1. The highest BCUT2D eigenvalue weighted by atomic mass is 79.9. The van der Waals surface area contributed by atoms with Crippen molar-refractivity contribution >= 4 is 21.7 Å². The molecule has 0 aromatic carbocycles. The molecule has 1 heterocycles. The Morgan fingerprint density at radius 1 is 1.60 bits per heavy atom. The first kappa shape index (κ1) is 10.9. The number of rotatable bonds is 4. The van der Waals surface area contributed by atoms with E-state index in [9.17, 15) is 0 Å². The van der Waals surface area contributed by atoms with Crippen LogP contribution in [0.3, 0.4) is 0 Å². The molecule has 1 aliphatic rings. The predicted molar refractivity (Wildman–Crippen MR) is 63.9 cm³/mol. The second kappa shape index (κ2) is 4.10. The fraction of sp³-hybridized carbons (Fsp3) is 0.545. The molecule has 3 nitrogen and oxygen atoms in total. The van der Waals surface area contributed by atoms with Gasteiger partial charge in [-0.2, -0.15) is 0 Å². The van der Waals surface area contributed by atoms with E-state index in [0.29, 0.717) is 0 Å². The fourth-order valence-electron chi connectivity index (χ4n) is 1.48. The van der Waals surface area contributed by atoms with Crippen molar-refractivity contribution in [1.29, 1.82) is 0 Å². The summed E-state index contributed by atoms with van der Waals surface area (Å²) in [7, 11) is 0. The number of hydrogen-bond acceptors (Lipinski definition) is 3. The fourth-order valence-corrected chi connectivity index (χ4v) is 1.70. The first-order chi connectivity index (χ1) is 7.15. The van der Waals surface area contributed by atoms with Crippen LogP contribution in [-0.2, 0) is 0 Å². The van der Waals surface area contributed by atoms with Gasteiger partial charge >= 0.3 is 0 Å². The summed E-state index contributed by atoms with van der Waals surface area (Å²) < 4.78 is 1.02. The molecular formula is C11H15BrN2O. The van der Waals surface area contributed by atoms with Crippen LogP contribution >= 0.6 is 15.9 Å². The molecule has 82 valence electrons. The Morgan fingerprint density at radius 2 is 2.33 bits per heavy atom. The van der Waals surface area contributed by atoms with E-state index < -0.39 is 0 Å². The Bertz CT molecular complexity index is 364. The molecule has 0 aliphatic heterocycles. The van der Waals surface area contributed by atoms with E-state index in [1.807, 2.05) is 13.0 Å². The minimum atomic E-state index is 0.128. The summed E-state index contributed by atoms with van der Waals surface area (Å²) in [5.41, 5.74) is 1.30. The van der Waals surface area contributed by atoms with Crippen LogP contribution < -0.4 is 5.32 Å². The van der Waals surface area contributed by atoms with E-state index in [1.165, 1.54) is 5.56 Å². The van der Waals surface area contributed by atoms with Crippen molar-refractivity contribution in [3.05, 3.63) is 22.3 Å². The third-order valence-corrected chi connectivity index (χ3v) is 3.81. The SMILES string of the molecule is Cc1cc(NCC2(CO)CC2)ncc1Br. The van der Waals surface area contributed by atoms with Crippen LogP contribution in [0.5, 0.6) is 0 Å². The van der Waals surface area contributed by atoms with Gasteiger partial charge in [-0.05, 0) is 47.3 Å². The molecule has 1 aromatic rings. The Morgan fingerprint density at radius 3 is 2.87 bits per heavy atom. The summed E-state index contributed by atoms with van der Waals surface area (Å²) in [5, 5.41) is 12.4. The molecule has 0 unspecified atom stereocenters. The van der Waals surface area contributed by atoms with Gasteiger partial charge in [-0.25, -0.2) is 4.98 Å². The molecule has 1 fully saturated rings. The third kappa shape index (κ3) is 2.49. The molecule has 0 radical (unpaired) electrons. The van der Waals surface area contributed by atoms with Crippen molar-refractivity contribution in [2.75, 3.05) is 18.5 Å². The maximum atomic E-state index is 9.17. The number of pyridine rings is 1. The number of nitrogens with one attached hydrogen (secondary N) is 1. The Labute approximate surface area is 98.0 Å². The Balaban J connectivity index is 1.96. The molecule has 0 amide bonds. The lowest BCUT2D eigenvalue weighted by molar-refractivity contribution is 0.219. The molecule has 15 heavy (non-hydrogen) atoms. The number of halogens is 1. The number of nitrogens with zero attached hydrogens (tertiary/aromatic N) is 1. The zero-order valence-corrected chi connectivity index (χ0v) is 10.3. The molecule has 0 saturated heterocycles. The monoisotopic (exact) mass is 270 g/mol. The average molecular weight is 271 g/mol. The predicted octanol–water partition coefficient (Wildman–Crippen LogP) is 2.34. The molecule has 1 aromatic heterocycles. The summed E-state index contributed by atoms with van der Waals surface area (Å²) >= 11 is 3.42. The van der Waals surface area contributed by atoms with Gasteiger partial charge < -0.3 is 10.4 Å². The molecule has 1 aliphatic carbocycles. The van der Waals surface area contributed by atoms with Gasteiger partial charge in [0.25, 0.3) is 0 Å². The van der Waals surface area contributed by atoms with E-state index in [-0.39, 0.29) is 12.0 Å². The van der Waals surface area contributed by atoms with Gasteiger partial charge in [-0.1, -0.05) is 0 Å². The zero-order chi connectivity index (χ0) is 10.9. The smallest absolute Gasteiger partial charge is 0.126 e. The van der Waals surface area contributed by atoms with Gasteiger partial charge in [0.1, 0.15) is 5.82 Å². The molecule has 0 atom stereocenters.